The van der Waals surface area contributed by atoms with Gasteiger partial charge in [-0.25, -0.2) is 4.79 Å². The lowest BCUT2D eigenvalue weighted by atomic mass is 9.34. The third-order valence-corrected chi connectivity index (χ3v) is 12.6. The lowest BCUT2D eigenvalue weighted by molar-refractivity contribution is -0.300. The highest BCUT2D eigenvalue weighted by atomic mass is 16.6. The Labute approximate surface area is 271 Å². The molecule has 7 aliphatic rings. The molecule has 1 saturated heterocycles. The molecular weight excluding hydrogens is 588 g/mol. The van der Waals surface area contributed by atoms with Gasteiger partial charge in [0.15, 0.2) is 11.5 Å². The number of carbonyl (C=O) groups is 3. The molecule has 8 rings (SSSR count). The number of carbonyl (C=O) groups excluding carboxylic acids is 3. The van der Waals surface area contributed by atoms with E-state index in [1.807, 2.05) is 19.9 Å². The number of nitrogens with zero attached hydrogens (tertiary/aromatic N) is 2. The van der Waals surface area contributed by atoms with E-state index in [9.17, 15) is 19.5 Å². The smallest absolute Gasteiger partial charge is 0.415 e. The third-order valence-electron chi connectivity index (χ3n) is 12.6. The molecule has 7 atom stereocenters. The molecule has 2 spiro atoms. The van der Waals surface area contributed by atoms with Crippen LogP contribution in [0.25, 0.3) is 0 Å². The molecule has 4 bridgehead atoms. The van der Waals surface area contributed by atoms with E-state index in [-0.39, 0.29) is 47.8 Å². The number of likely N-dealkylation sites (N-methyl/N-ethyl adjacent to an activating group) is 1. The van der Waals surface area contributed by atoms with Gasteiger partial charge in [0.1, 0.15) is 17.7 Å². The Bertz CT molecular complexity index is 1440. The van der Waals surface area contributed by atoms with Gasteiger partial charge in [0.05, 0.1) is 5.60 Å². The number of rotatable bonds is 10. The fraction of sp³-hybridized carbons (Fsp3) is 0.743. The van der Waals surface area contributed by atoms with Crippen molar-refractivity contribution >= 4 is 17.9 Å². The standard InChI is InChI=1S/C35H50N4O7/c1-20(37-21(2)40)29(41)36-14-16-38(5)31(42)45-24-10-9-23-17-26-33-11-12-35(44-6,25(18-33)32(3,4)43)30-34(33,27(23)28(24)46-30)13-15-39(26)19-22-7-8-22/h9-10,20,22,25-26,30,43H,7-8,11-19H2,1-6H3,(H,36,41)(H,37,40)/t20-,25+,26+,30+,33+,34-,35-/m0/s1. The maximum absolute atomic E-state index is 13.4. The highest BCUT2D eigenvalue weighted by molar-refractivity contribution is 5.86. The summed E-state index contributed by atoms with van der Waals surface area (Å²) in [5.74, 6) is 1.14. The summed E-state index contributed by atoms with van der Waals surface area (Å²) >= 11 is 0. The second-order valence-electron chi connectivity index (χ2n) is 15.5. The first-order valence-corrected chi connectivity index (χ1v) is 17.1. The summed E-state index contributed by atoms with van der Waals surface area (Å²) in [4.78, 5) is 41.1. The fourth-order valence-corrected chi connectivity index (χ4v) is 10.4. The number of methoxy groups -OCH3 is 1. The van der Waals surface area contributed by atoms with E-state index in [1.165, 1.54) is 35.8 Å². The molecule has 1 aromatic rings. The predicted octanol–water partition coefficient (Wildman–Crippen LogP) is 2.75. The van der Waals surface area contributed by atoms with Crippen molar-refractivity contribution in [2.24, 2.45) is 17.3 Å². The number of hydrogen-bond donors (Lipinski definition) is 3. The van der Waals surface area contributed by atoms with E-state index in [0.29, 0.717) is 17.5 Å². The van der Waals surface area contributed by atoms with Crippen LogP contribution in [0.1, 0.15) is 77.3 Å². The Balaban J connectivity index is 1.19. The van der Waals surface area contributed by atoms with Crippen LogP contribution < -0.4 is 20.1 Å². The number of benzene rings is 1. The van der Waals surface area contributed by atoms with E-state index in [4.69, 9.17) is 14.2 Å². The first-order valence-electron chi connectivity index (χ1n) is 17.1. The number of aliphatic hydroxyl groups is 1. The molecule has 3 amide bonds. The molecule has 1 aromatic carbocycles. The van der Waals surface area contributed by atoms with E-state index < -0.39 is 23.3 Å². The summed E-state index contributed by atoms with van der Waals surface area (Å²) in [7, 11) is 3.40. The van der Waals surface area contributed by atoms with Gasteiger partial charge in [-0.05, 0) is 89.8 Å². The quantitative estimate of drug-likeness (QED) is 0.357. The molecule has 11 heteroatoms. The van der Waals surface area contributed by atoms with Gasteiger partial charge in [-0.1, -0.05) is 6.07 Å². The van der Waals surface area contributed by atoms with E-state index in [2.05, 4.69) is 21.6 Å². The van der Waals surface area contributed by atoms with Crippen LogP contribution in [0, 0.1) is 17.3 Å². The van der Waals surface area contributed by atoms with Crippen molar-refractivity contribution in [3.05, 3.63) is 23.3 Å². The second-order valence-corrected chi connectivity index (χ2v) is 15.5. The van der Waals surface area contributed by atoms with Crippen molar-refractivity contribution < 1.29 is 33.7 Å². The minimum Gasteiger partial charge on any atom is -0.482 e. The number of nitrogens with one attached hydrogen (secondary N) is 2. The van der Waals surface area contributed by atoms with Crippen LogP contribution in [-0.2, 0) is 26.2 Å². The summed E-state index contributed by atoms with van der Waals surface area (Å²) in [6, 6.07) is 3.71. The van der Waals surface area contributed by atoms with Gasteiger partial charge >= 0.3 is 6.09 Å². The first kappa shape index (κ1) is 31.7. The minimum atomic E-state index is -0.952. The molecule has 0 unspecified atom stereocenters. The summed E-state index contributed by atoms with van der Waals surface area (Å²) < 4.78 is 19.7. The van der Waals surface area contributed by atoms with Crippen molar-refractivity contribution in [3.8, 4) is 11.5 Å². The highest BCUT2D eigenvalue weighted by Crippen LogP contribution is 2.77. The van der Waals surface area contributed by atoms with Gasteiger partial charge in [-0.2, -0.15) is 0 Å². The largest absolute Gasteiger partial charge is 0.482 e. The predicted molar refractivity (Wildman–Crippen MR) is 170 cm³/mol. The maximum atomic E-state index is 13.4. The number of amides is 3. The summed E-state index contributed by atoms with van der Waals surface area (Å²) in [5, 5.41) is 17.0. The SMILES string of the molecule is CO[C@@]12CC[C@@]3(C[C@@H]1C(C)(C)O)[C@H]1Cc4ccc(OC(=O)N(C)CCNC(=O)[C@H](C)NC(C)=O)c5c4[C@@]3(CCN1CC1CC1)[C@H]2O5. The average molecular weight is 639 g/mol. The topological polar surface area (TPSA) is 130 Å². The zero-order valence-electron chi connectivity index (χ0n) is 28.1. The van der Waals surface area contributed by atoms with E-state index in [0.717, 1.165) is 51.1 Å². The van der Waals surface area contributed by atoms with Gasteiger partial charge in [0, 0.05) is 69.1 Å². The van der Waals surface area contributed by atoms with Crippen molar-refractivity contribution in [2.45, 2.75) is 107 Å². The Kier molecular flexibility index (Phi) is 7.45. The number of piperidine rings is 1. The van der Waals surface area contributed by atoms with Gasteiger partial charge < -0.3 is 34.9 Å². The van der Waals surface area contributed by atoms with Crippen LogP contribution in [0.3, 0.4) is 0 Å². The molecule has 0 aromatic heterocycles. The Hall–Kier alpha value is -2.89. The first-order chi connectivity index (χ1) is 21.8. The maximum Gasteiger partial charge on any atom is 0.415 e. The lowest BCUT2D eigenvalue weighted by Crippen LogP contribution is -2.82. The second kappa shape index (κ2) is 10.8. The Morgan fingerprint density at radius 3 is 2.65 bits per heavy atom. The van der Waals surface area contributed by atoms with Crippen LogP contribution in [-0.4, -0.2) is 103 Å². The van der Waals surface area contributed by atoms with Gasteiger partial charge in [-0.3, -0.25) is 14.5 Å². The molecule has 252 valence electrons. The lowest BCUT2D eigenvalue weighted by Gasteiger charge is -2.75. The zero-order valence-corrected chi connectivity index (χ0v) is 28.1. The fourth-order valence-electron chi connectivity index (χ4n) is 10.4. The molecule has 0 radical (unpaired) electrons. The average Bonchev–Trinajstić information content (AvgIpc) is 3.74. The van der Waals surface area contributed by atoms with Gasteiger partial charge in [-0.15, -0.1) is 0 Å². The van der Waals surface area contributed by atoms with E-state index in [1.54, 1.807) is 21.1 Å². The number of likely N-dealkylation sites (tertiary alicyclic amines) is 1. The molecule has 2 aliphatic heterocycles. The monoisotopic (exact) mass is 638 g/mol. The minimum absolute atomic E-state index is 0.0694. The van der Waals surface area contributed by atoms with Crippen molar-refractivity contribution in [2.75, 3.05) is 40.3 Å². The van der Waals surface area contributed by atoms with Crippen LogP contribution in [0.2, 0.25) is 0 Å². The highest BCUT2D eigenvalue weighted by Gasteiger charge is 2.81. The summed E-state index contributed by atoms with van der Waals surface area (Å²) in [6.45, 7) is 9.40. The van der Waals surface area contributed by atoms with Crippen molar-refractivity contribution in [1.82, 2.24) is 20.4 Å². The third kappa shape index (κ3) is 4.51. The molecule has 5 aliphatic carbocycles. The summed E-state index contributed by atoms with van der Waals surface area (Å²) in [6.07, 6.45) is 6.42. The van der Waals surface area contributed by atoms with Gasteiger partial charge in [0.25, 0.3) is 0 Å². The van der Waals surface area contributed by atoms with Crippen LogP contribution in [0.5, 0.6) is 11.5 Å². The van der Waals surface area contributed by atoms with Gasteiger partial charge in [0.2, 0.25) is 11.8 Å². The molecule has 5 fully saturated rings. The molecular formula is C35H50N4O7. The van der Waals surface area contributed by atoms with E-state index >= 15 is 0 Å². The zero-order chi connectivity index (χ0) is 32.8. The Morgan fingerprint density at radius 1 is 1.22 bits per heavy atom. The molecule has 3 N–H and O–H groups in total. The number of fused-ring (bicyclic) bond motifs is 2. The van der Waals surface area contributed by atoms with Crippen molar-refractivity contribution in [3.63, 3.8) is 0 Å². The van der Waals surface area contributed by atoms with Crippen molar-refractivity contribution in [1.29, 1.82) is 0 Å². The Morgan fingerprint density at radius 2 is 1.98 bits per heavy atom. The van der Waals surface area contributed by atoms with Crippen LogP contribution in [0.4, 0.5) is 4.79 Å². The van der Waals surface area contributed by atoms with Crippen LogP contribution in [0.15, 0.2) is 12.1 Å². The number of hydrogen-bond acceptors (Lipinski definition) is 8. The molecule has 11 nitrogen and oxygen atoms in total. The molecule has 46 heavy (non-hydrogen) atoms. The molecule has 4 saturated carbocycles. The molecule has 2 heterocycles. The van der Waals surface area contributed by atoms with Crippen LogP contribution >= 0.6 is 0 Å². The number of ether oxygens (including phenoxy) is 3. The summed E-state index contributed by atoms with van der Waals surface area (Å²) in [5.41, 5.74) is 0.507. The normalized spacial score (nSPS) is 34.3.